The lowest BCUT2D eigenvalue weighted by atomic mass is 10.2. The van der Waals surface area contributed by atoms with Crippen molar-refractivity contribution in [1.82, 2.24) is 15.1 Å². The first kappa shape index (κ1) is 12.2. The van der Waals surface area contributed by atoms with Crippen molar-refractivity contribution in [2.45, 2.75) is 39.3 Å². The maximum Gasteiger partial charge on any atom is 0.108 e. The molecule has 1 heterocycles. The van der Waals surface area contributed by atoms with Crippen LogP contribution < -0.4 is 5.32 Å². The molecule has 0 fully saturated rings. The summed E-state index contributed by atoms with van der Waals surface area (Å²) in [5.74, 6) is 0. The van der Waals surface area contributed by atoms with E-state index in [1.54, 1.807) is 6.20 Å². The number of hydrogen-bond acceptors (Lipinski definition) is 3. The SMILES string of the molecule is CCCNCC(O)c1ccnn1CCC. The fourth-order valence-corrected chi connectivity index (χ4v) is 1.54. The van der Waals surface area contributed by atoms with E-state index in [0.29, 0.717) is 6.54 Å². The van der Waals surface area contributed by atoms with Gasteiger partial charge in [0.15, 0.2) is 0 Å². The molecule has 1 unspecified atom stereocenters. The van der Waals surface area contributed by atoms with Crippen molar-refractivity contribution in [2.24, 2.45) is 0 Å². The molecule has 0 aliphatic rings. The molecule has 0 amide bonds. The second kappa shape index (κ2) is 6.58. The predicted octanol–water partition coefficient (Wildman–Crippen LogP) is 1.33. The first-order chi connectivity index (χ1) is 7.29. The summed E-state index contributed by atoms with van der Waals surface area (Å²) in [6, 6.07) is 1.88. The Morgan fingerprint density at radius 2 is 2.27 bits per heavy atom. The first-order valence-electron chi connectivity index (χ1n) is 5.70. The van der Waals surface area contributed by atoms with Gasteiger partial charge in [0.2, 0.25) is 0 Å². The van der Waals surface area contributed by atoms with Crippen molar-refractivity contribution in [3.05, 3.63) is 18.0 Å². The van der Waals surface area contributed by atoms with Gasteiger partial charge < -0.3 is 10.4 Å². The Kier molecular flexibility index (Phi) is 5.36. The number of aromatic nitrogens is 2. The van der Waals surface area contributed by atoms with Crippen LogP contribution in [0.25, 0.3) is 0 Å². The lowest BCUT2D eigenvalue weighted by Gasteiger charge is -2.13. The van der Waals surface area contributed by atoms with E-state index in [1.165, 1.54) is 0 Å². The van der Waals surface area contributed by atoms with E-state index in [2.05, 4.69) is 24.3 Å². The van der Waals surface area contributed by atoms with Crippen LogP contribution in [0.1, 0.15) is 38.5 Å². The van der Waals surface area contributed by atoms with Crippen LogP contribution in [-0.2, 0) is 6.54 Å². The van der Waals surface area contributed by atoms with Gasteiger partial charge in [0.05, 0.1) is 5.69 Å². The molecule has 1 atom stereocenters. The zero-order chi connectivity index (χ0) is 11.1. The summed E-state index contributed by atoms with van der Waals surface area (Å²) in [4.78, 5) is 0. The van der Waals surface area contributed by atoms with Gasteiger partial charge in [-0.2, -0.15) is 5.10 Å². The van der Waals surface area contributed by atoms with Crippen LogP contribution in [0, 0.1) is 0 Å². The van der Waals surface area contributed by atoms with Gasteiger partial charge in [0.1, 0.15) is 6.10 Å². The number of aryl methyl sites for hydroxylation is 1. The normalized spacial score (nSPS) is 13.0. The van der Waals surface area contributed by atoms with Crippen molar-refractivity contribution in [3.8, 4) is 0 Å². The molecule has 15 heavy (non-hydrogen) atoms. The van der Waals surface area contributed by atoms with Crippen molar-refractivity contribution >= 4 is 0 Å². The van der Waals surface area contributed by atoms with Gasteiger partial charge in [0, 0.05) is 19.3 Å². The Labute approximate surface area is 91.3 Å². The maximum atomic E-state index is 9.92. The standard InChI is InChI=1S/C11H21N3O/c1-3-6-12-9-11(15)10-5-7-13-14(10)8-4-2/h5,7,11-12,15H,3-4,6,8-9H2,1-2H3. The maximum absolute atomic E-state index is 9.92. The Hall–Kier alpha value is -0.870. The van der Waals surface area contributed by atoms with Gasteiger partial charge >= 0.3 is 0 Å². The highest BCUT2D eigenvalue weighted by molar-refractivity contribution is 5.04. The molecule has 86 valence electrons. The monoisotopic (exact) mass is 211 g/mol. The lowest BCUT2D eigenvalue weighted by molar-refractivity contribution is 0.163. The molecule has 0 aliphatic carbocycles. The zero-order valence-electron chi connectivity index (χ0n) is 9.61. The highest BCUT2D eigenvalue weighted by atomic mass is 16.3. The Morgan fingerprint density at radius 3 is 2.93 bits per heavy atom. The number of rotatable bonds is 7. The quantitative estimate of drug-likeness (QED) is 0.669. The summed E-state index contributed by atoms with van der Waals surface area (Å²) in [6.45, 7) is 6.63. The van der Waals surface area contributed by atoms with Gasteiger partial charge in [-0.15, -0.1) is 0 Å². The second-order valence-corrected chi connectivity index (χ2v) is 3.70. The molecule has 0 spiro atoms. The minimum absolute atomic E-state index is 0.453. The largest absolute Gasteiger partial charge is 0.385 e. The van der Waals surface area contributed by atoms with Gasteiger partial charge in [-0.05, 0) is 25.5 Å². The summed E-state index contributed by atoms with van der Waals surface area (Å²) in [6.07, 6.45) is 3.41. The molecule has 0 saturated carbocycles. The molecule has 2 N–H and O–H groups in total. The molecule has 0 aliphatic heterocycles. The van der Waals surface area contributed by atoms with Crippen LogP contribution in [0.4, 0.5) is 0 Å². The van der Waals surface area contributed by atoms with Gasteiger partial charge in [-0.3, -0.25) is 4.68 Å². The third-order valence-corrected chi connectivity index (χ3v) is 2.29. The van der Waals surface area contributed by atoms with E-state index < -0.39 is 6.10 Å². The zero-order valence-corrected chi connectivity index (χ0v) is 9.61. The average Bonchev–Trinajstić information content (AvgIpc) is 2.67. The van der Waals surface area contributed by atoms with Crippen LogP contribution in [0.2, 0.25) is 0 Å². The number of nitrogens with one attached hydrogen (secondary N) is 1. The fourth-order valence-electron chi connectivity index (χ4n) is 1.54. The first-order valence-corrected chi connectivity index (χ1v) is 5.70. The number of aliphatic hydroxyl groups is 1. The molecule has 1 aromatic heterocycles. The Bertz CT molecular complexity index is 273. The minimum atomic E-state index is -0.453. The molecular weight excluding hydrogens is 190 g/mol. The summed E-state index contributed by atoms with van der Waals surface area (Å²) in [7, 11) is 0. The predicted molar refractivity (Wildman–Crippen MR) is 60.6 cm³/mol. The summed E-state index contributed by atoms with van der Waals surface area (Å²) < 4.78 is 1.87. The third-order valence-electron chi connectivity index (χ3n) is 2.29. The molecule has 4 nitrogen and oxygen atoms in total. The van der Waals surface area contributed by atoms with E-state index in [-0.39, 0.29) is 0 Å². The van der Waals surface area contributed by atoms with Crippen molar-refractivity contribution < 1.29 is 5.11 Å². The van der Waals surface area contributed by atoms with Crippen molar-refractivity contribution in [2.75, 3.05) is 13.1 Å². The van der Waals surface area contributed by atoms with Gasteiger partial charge in [-0.1, -0.05) is 13.8 Å². The van der Waals surface area contributed by atoms with Crippen LogP contribution >= 0.6 is 0 Å². The topological polar surface area (TPSA) is 50.1 Å². The number of nitrogens with zero attached hydrogens (tertiary/aromatic N) is 2. The van der Waals surface area contributed by atoms with Crippen LogP contribution in [0.3, 0.4) is 0 Å². The summed E-state index contributed by atoms with van der Waals surface area (Å²) in [5, 5.41) is 17.3. The highest BCUT2D eigenvalue weighted by Gasteiger charge is 2.11. The van der Waals surface area contributed by atoms with E-state index in [9.17, 15) is 5.11 Å². The second-order valence-electron chi connectivity index (χ2n) is 3.70. The number of hydrogen-bond donors (Lipinski definition) is 2. The average molecular weight is 211 g/mol. The van der Waals surface area contributed by atoms with E-state index in [0.717, 1.165) is 31.6 Å². The molecule has 0 bridgehead atoms. The summed E-state index contributed by atoms with van der Waals surface area (Å²) >= 11 is 0. The van der Waals surface area contributed by atoms with E-state index >= 15 is 0 Å². The molecule has 1 aromatic rings. The Balaban J connectivity index is 2.48. The molecule has 4 heteroatoms. The molecular formula is C11H21N3O. The van der Waals surface area contributed by atoms with Gasteiger partial charge in [-0.25, -0.2) is 0 Å². The number of aliphatic hydroxyl groups excluding tert-OH is 1. The van der Waals surface area contributed by atoms with Crippen LogP contribution in [-0.4, -0.2) is 28.0 Å². The molecule has 0 radical (unpaired) electrons. The molecule has 0 aromatic carbocycles. The van der Waals surface area contributed by atoms with Crippen LogP contribution in [0.5, 0.6) is 0 Å². The van der Waals surface area contributed by atoms with Crippen molar-refractivity contribution in [3.63, 3.8) is 0 Å². The molecule has 0 saturated heterocycles. The minimum Gasteiger partial charge on any atom is -0.385 e. The molecule has 1 rings (SSSR count). The van der Waals surface area contributed by atoms with E-state index in [1.807, 2.05) is 10.7 Å². The van der Waals surface area contributed by atoms with Crippen LogP contribution in [0.15, 0.2) is 12.3 Å². The Morgan fingerprint density at radius 1 is 1.47 bits per heavy atom. The third kappa shape index (κ3) is 3.64. The fraction of sp³-hybridized carbons (Fsp3) is 0.727. The summed E-state index contributed by atoms with van der Waals surface area (Å²) in [5.41, 5.74) is 0.903. The van der Waals surface area contributed by atoms with Gasteiger partial charge in [0.25, 0.3) is 0 Å². The smallest absolute Gasteiger partial charge is 0.108 e. The van der Waals surface area contributed by atoms with E-state index in [4.69, 9.17) is 0 Å². The van der Waals surface area contributed by atoms with Crippen molar-refractivity contribution in [1.29, 1.82) is 0 Å². The highest BCUT2D eigenvalue weighted by Crippen LogP contribution is 2.11. The lowest BCUT2D eigenvalue weighted by Crippen LogP contribution is -2.24.